The number of aryl methyl sites for hydroxylation is 7. The van der Waals surface area contributed by atoms with Crippen LogP contribution in [0, 0.1) is 85.0 Å². The molecule has 4 heterocycles. The molecule has 6 nitrogen and oxygen atoms in total. The second kappa shape index (κ2) is 13.2. The molecule has 0 saturated carbocycles. The van der Waals surface area contributed by atoms with Crippen molar-refractivity contribution in [3.63, 3.8) is 0 Å². The van der Waals surface area contributed by atoms with Crippen LogP contribution in [0.4, 0.5) is 0 Å². The highest BCUT2D eigenvalue weighted by atomic mass is 14.7. The first-order valence-corrected chi connectivity index (χ1v) is 19.3. The van der Waals surface area contributed by atoms with Gasteiger partial charge in [-0.2, -0.15) is 10.5 Å². The average molecular weight is 725 g/mol. The predicted octanol–water partition coefficient (Wildman–Crippen LogP) is 11.5. The Morgan fingerprint density at radius 2 is 1.07 bits per heavy atom. The van der Waals surface area contributed by atoms with Gasteiger partial charge in [-0.25, -0.2) is 0 Å². The number of allylic oxidation sites excluding steroid dienone is 2. The summed E-state index contributed by atoms with van der Waals surface area (Å²) in [6.45, 7) is 28.2. The fourth-order valence-corrected chi connectivity index (χ4v) is 9.84. The molecule has 0 fully saturated rings. The van der Waals surface area contributed by atoms with E-state index in [4.69, 9.17) is 9.97 Å². The minimum Gasteiger partial charge on any atom is -0.361 e. The summed E-state index contributed by atoms with van der Waals surface area (Å²) >= 11 is 0. The van der Waals surface area contributed by atoms with Crippen LogP contribution in [0.5, 0.6) is 0 Å². The third kappa shape index (κ3) is 5.82. The number of nitriles is 2. The van der Waals surface area contributed by atoms with E-state index in [2.05, 4.69) is 121 Å². The highest BCUT2D eigenvalue weighted by Crippen LogP contribution is 2.46. The number of aromatic nitrogens is 4. The molecule has 55 heavy (non-hydrogen) atoms. The first-order valence-electron chi connectivity index (χ1n) is 19.3. The topological polar surface area (TPSA) is 105 Å². The number of aromatic amines is 2. The van der Waals surface area contributed by atoms with Crippen LogP contribution >= 0.6 is 0 Å². The smallest absolute Gasteiger partial charge is 0.101 e. The summed E-state index contributed by atoms with van der Waals surface area (Å²) in [6.07, 6.45) is 10.4. The highest BCUT2D eigenvalue weighted by Gasteiger charge is 2.36. The third-order valence-electron chi connectivity index (χ3n) is 12.7. The van der Waals surface area contributed by atoms with Crippen molar-refractivity contribution < 1.29 is 0 Å². The van der Waals surface area contributed by atoms with Crippen LogP contribution < -0.4 is 0 Å². The molecule has 6 heteroatoms. The van der Waals surface area contributed by atoms with Crippen LogP contribution in [-0.2, 0) is 23.7 Å². The lowest BCUT2D eigenvalue weighted by atomic mass is 9.73. The number of nitrogens with zero attached hydrogens (tertiary/aromatic N) is 4. The normalized spacial score (nSPS) is 13.6. The van der Waals surface area contributed by atoms with Crippen LogP contribution in [0.1, 0.15) is 123 Å². The number of hydrogen-bond donors (Lipinski definition) is 2. The molecule has 278 valence electrons. The first kappa shape index (κ1) is 37.6. The lowest BCUT2D eigenvalue weighted by Gasteiger charge is -2.30. The SMILES string of the molecule is Cc1cc(C)c2[nH]cc(C)c2c1C(C)(C)C1=Cc2c(nc(C)c(C#N)c2C)C1.Cc1cc(C)c2[nH]ccc2c1C(C)(C)C1=Cc2c(nc(C)c(C#N)c2C)C1. The number of hydrogen-bond acceptors (Lipinski definition) is 4. The van der Waals surface area contributed by atoms with Crippen LogP contribution in [0.25, 0.3) is 34.0 Å². The molecule has 0 unspecified atom stereocenters. The molecule has 6 aromatic rings. The minimum absolute atomic E-state index is 0.119. The monoisotopic (exact) mass is 724 g/mol. The zero-order valence-electron chi connectivity index (χ0n) is 34.7. The Morgan fingerprint density at radius 1 is 0.600 bits per heavy atom. The molecule has 2 aliphatic carbocycles. The van der Waals surface area contributed by atoms with E-state index in [1.807, 2.05) is 33.9 Å². The van der Waals surface area contributed by atoms with E-state index in [-0.39, 0.29) is 10.8 Å². The second-order valence-corrected chi connectivity index (χ2v) is 17.0. The van der Waals surface area contributed by atoms with E-state index in [1.54, 1.807) is 0 Å². The Balaban J connectivity index is 0.000000169. The van der Waals surface area contributed by atoms with Gasteiger partial charge in [-0.1, -0.05) is 63.1 Å². The average Bonchev–Trinajstić information content (AvgIpc) is 3.92. The van der Waals surface area contributed by atoms with Gasteiger partial charge in [0.15, 0.2) is 0 Å². The van der Waals surface area contributed by atoms with Crippen molar-refractivity contribution >= 4 is 34.0 Å². The largest absolute Gasteiger partial charge is 0.361 e. The molecule has 0 radical (unpaired) electrons. The summed E-state index contributed by atoms with van der Waals surface area (Å²) in [5.74, 6) is 0. The molecular weight excluding hydrogens is 673 g/mol. The Kier molecular flexibility index (Phi) is 9.05. The number of pyridine rings is 2. The van der Waals surface area contributed by atoms with Gasteiger partial charge in [0.2, 0.25) is 0 Å². The molecule has 0 atom stereocenters. The van der Waals surface area contributed by atoms with Crippen molar-refractivity contribution in [3.8, 4) is 12.1 Å². The maximum absolute atomic E-state index is 9.51. The molecule has 0 saturated heterocycles. The molecule has 0 amide bonds. The number of H-pyrrole nitrogens is 2. The van der Waals surface area contributed by atoms with Gasteiger partial charge in [-0.15, -0.1) is 0 Å². The molecule has 2 aromatic carbocycles. The molecule has 8 rings (SSSR count). The second-order valence-electron chi connectivity index (χ2n) is 17.0. The summed E-state index contributed by atoms with van der Waals surface area (Å²) in [7, 11) is 0. The zero-order valence-corrected chi connectivity index (χ0v) is 34.7. The standard InChI is InChI=1S/C25H27N3.C24H25N3/c1-13-8-14(2)24-22(15(3)12-27-24)23(13)25(6,7)18-9-19-16(4)20(11-26)17(5)28-21(19)10-18;1-13-9-14(2)23-18(7-8-26-23)22(13)24(5,6)17-10-19-15(3)20(12-25)16(4)27-21(19)11-17/h8-9,12,27H,10H2,1-7H3;7-10,26H,11H2,1-6H3. The zero-order chi connectivity index (χ0) is 39.9. The first-order chi connectivity index (χ1) is 25.9. The van der Waals surface area contributed by atoms with Crippen molar-refractivity contribution in [1.29, 1.82) is 10.5 Å². The van der Waals surface area contributed by atoms with Crippen molar-refractivity contribution in [3.05, 3.63) is 137 Å². The van der Waals surface area contributed by atoms with Crippen LogP contribution in [0.3, 0.4) is 0 Å². The fraction of sp³-hybridized carbons (Fsp3) is 0.347. The lowest BCUT2D eigenvalue weighted by Crippen LogP contribution is -2.22. The van der Waals surface area contributed by atoms with Crippen molar-refractivity contribution in [2.45, 2.75) is 114 Å². The van der Waals surface area contributed by atoms with Gasteiger partial charge in [0, 0.05) is 69.0 Å². The Labute approximate surface area is 326 Å². The lowest BCUT2D eigenvalue weighted by molar-refractivity contribution is 0.614. The molecule has 2 aliphatic rings. The summed E-state index contributed by atoms with van der Waals surface area (Å²) in [5.41, 5.74) is 23.9. The number of nitrogens with one attached hydrogen (secondary N) is 2. The molecule has 4 aromatic heterocycles. The summed E-state index contributed by atoms with van der Waals surface area (Å²) in [6, 6.07) is 11.4. The highest BCUT2D eigenvalue weighted by molar-refractivity contribution is 5.92. The van der Waals surface area contributed by atoms with Gasteiger partial charge < -0.3 is 9.97 Å². The van der Waals surface area contributed by atoms with Crippen molar-refractivity contribution in [1.82, 2.24) is 19.9 Å². The van der Waals surface area contributed by atoms with Gasteiger partial charge in [0.1, 0.15) is 12.1 Å². The van der Waals surface area contributed by atoms with E-state index in [9.17, 15) is 10.5 Å². The van der Waals surface area contributed by atoms with Gasteiger partial charge in [0.25, 0.3) is 0 Å². The molecule has 2 N–H and O–H groups in total. The summed E-state index contributed by atoms with van der Waals surface area (Å²) < 4.78 is 0. The number of rotatable bonds is 4. The minimum atomic E-state index is -0.128. The quantitative estimate of drug-likeness (QED) is 0.189. The van der Waals surface area contributed by atoms with E-state index in [0.29, 0.717) is 11.1 Å². The fourth-order valence-electron chi connectivity index (χ4n) is 9.84. The maximum atomic E-state index is 9.51. The Hall–Kier alpha value is -5.72. The van der Waals surface area contributed by atoms with Gasteiger partial charge in [-0.05, 0) is 118 Å². The van der Waals surface area contributed by atoms with Crippen LogP contribution in [0.15, 0.2) is 41.7 Å². The van der Waals surface area contributed by atoms with Gasteiger partial charge >= 0.3 is 0 Å². The molecule has 0 spiro atoms. The Bertz CT molecular complexity index is 2760. The van der Waals surface area contributed by atoms with Gasteiger partial charge in [0.05, 0.1) is 33.9 Å². The van der Waals surface area contributed by atoms with Crippen LogP contribution in [-0.4, -0.2) is 19.9 Å². The number of fused-ring (bicyclic) bond motifs is 4. The third-order valence-corrected chi connectivity index (χ3v) is 12.7. The van der Waals surface area contributed by atoms with E-state index in [1.165, 1.54) is 71.9 Å². The van der Waals surface area contributed by atoms with E-state index >= 15 is 0 Å². The maximum Gasteiger partial charge on any atom is 0.101 e. The van der Waals surface area contributed by atoms with Crippen molar-refractivity contribution in [2.75, 3.05) is 0 Å². The molecular formula is C49H52N6. The van der Waals surface area contributed by atoms with E-state index in [0.717, 1.165) is 57.9 Å². The van der Waals surface area contributed by atoms with Crippen LogP contribution in [0.2, 0.25) is 0 Å². The summed E-state index contributed by atoms with van der Waals surface area (Å²) in [4.78, 5) is 16.4. The van der Waals surface area contributed by atoms with E-state index < -0.39 is 0 Å². The van der Waals surface area contributed by atoms with Crippen molar-refractivity contribution in [2.24, 2.45) is 0 Å². The van der Waals surface area contributed by atoms with Gasteiger partial charge in [-0.3, -0.25) is 9.97 Å². The Morgan fingerprint density at radius 3 is 1.58 bits per heavy atom. The number of benzene rings is 2. The predicted molar refractivity (Wildman–Crippen MR) is 227 cm³/mol. The molecule has 0 bridgehead atoms. The molecule has 0 aliphatic heterocycles. The summed E-state index contributed by atoms with van der Waals surface area (Å²) in [5, 5.41) is 21.6.